The minimum absolute atomic E-state index is 0.179. The SMILES string of the molecule is CCc1nn(C)cc1CNC(=O)C1(CC)CCCNC1. The Morgan fingerprint density at radius 2 is 2.35 bits per heavy atom. The molecule has 2 N–H and O–H groups in total. The average Bonchev–Trinajstić information content (AvgIpc) is 2.85. The second-order valence-electron chi connectivity index (χ2n) is 5.73. The zero-order valence-electron chi connectivity index (χ0n) is 12.8. The van der Waals surface area contributed by atoms with Crippen LogP contribution in [-0.2, 0) is 24.8 Å². The van der Waals surface area contributed by atoms with Crippen molar-refractivity contribution in [1.82, 2.24) is 20.4 Å². The van der Waals surface area contributed by atoms with E-state index in [2.05, 4.69) is 29.6 Å². The van der Waals surface area contributed by atoms with Crippen molar-refractivity contribution in [3.05, 3.63) is 17.5 Å². The molecular weight excluding hydrogens is 252 g/mol. The first-order valence-electron chi connectivity index (χ1n) is 7.61. The van der Waals surface area contributed by atoms with Crippen LogP contribution < -0.4 is 10.6 Å². The molecule has 1 atom stereocenters. The van der Waals surface area contributed by atoms with Crippen LogP contribution in [0, 0.1) is 5.41 Å². The van der Waals surface area contributed by atoms with Crippen molar-refractivity contribution in [1.29, 1.82) is 0 Å². The first-order valence-corrected chi connectivity index (χ1v) is 7.61. The van der Waals surface area contributed by atoms with Gasteiger partial charge in [-0.2, -0.15) is 5.10 Å². The van der Waals surface area contributed by atoms with E-state index < -0.39 is 0 Å². The number of hydrogen-bond donors (Lipinski definition) is 2. The number of rotatable bonds is 5. The summed E-state index contributed by atoms with van der Waals surface area (Å²) in [5, 5.41) is 10.9. The van der Waals surface area contributed by atoms with Gasteiger partial charge < -0.3 is 10.6 Å². The van der Waals surface area contributed by atoms with Crippen LogP contribution in [0.15, 0.2) is 6.20 Å². The quantitative estimate of drug-likeness (QED) is 0.855. The highest BCUT2D eigenvalue weighted by Gasteiger charge is 2.37. The molecule has 0 spiro atoms. The summed E-state index contributed by atoms with van der Waals surface area (Å²) in [4.78, 5) is 12.6. The van der Waals surface area contributed by atoms with Crippen molar-refractivity contribution in [2.75, 3.05) is 13.1 Å². The lowest BCUT2D eigenvalue weighted by Crippen LogP contribution is -2.50. The number of aryl methyl sites for hydroxylation is 2. The Kier molecular flexibility index (Phi) is 4.81. The zero-order chi connectivity index (χ0) is 14.6. The number of aromatic nitrogens is 2. The summed E-state index contributed by atoms with van der Waals surface area (Å²) in [7, 11) is 1.92. The molecule has 1 aromatic heterocycles. The Labute approximate surface area is 121 Å². The third-order valence-electron chi connectivity index (χ3n) is 4.40. The van der Waals surface area contributed by atoms with Crippen LogP contribution in [-0.4, -0.2) is 28.8 Å². The minimum atomic E-state index is -0.229. The van der Waals surface area contributed by atoms with Crippen molar-refractivity contribution in [2.24, 2.45) is 12.5 Å². The van der Waals surface area contributed by atoms with Gasteiger partial charge in [0.1, 0.15) is 0 Å². The van der Waals surface area contributed by atoms with Gasteiger partial charge in [0.25, 0.3) is 0 Å². The highest BCUT2D eigenvalue weighted by Crippen LogP contribution is 2.30. The molecule has 5 heteroatoms. The van der Waals surface area contributed by atoms with Gasteiger partial charge in [-0.05, 0) is 32.2 Å². The third kappa shape index (κ3) is 3.03. The number of carbonyl (C=O) groups is 1. The summed E-state index contributed by atoms with van der Waals surface area (Å²) < 4.78 is 1.82. The van der Waals surface area contributed by atoms with Gasteiger partial charge in [0.15, 0.2) is 0 Å². The summed E-state index contributed by atoms with van der Waals surface area (Å²) in [5.41, 5.74) is 1.96. The Hall–Kier alpha value is -1.36. The number of piperidine rings is 1. The molecule has 1 amide bonds. The molecule has 5 nitrogen and oxygen atoms in total. The van der Waals surface area contributed by atoms with Crippen molar-refractivity contribution < 1.29 is 4.79 Å². The van der Waals surface area contributed by atoms with E-state index in [4.69, 9.17) is 0 Å². The smallest absolute Gasteiger partial charge is 0.227 e. The fourth-order valence-electron chi connectivity index (χ4n) is 3.02. The highest BCUT2D eigenvalue weighted by molar-refractivity contribution is 5.83. The largest absolute Gasteiger partial charge is 0.351 e. The molecule has 1 aromatic rings. The van der Waals surface area contributed by atoms with Gasteiger partial charge >= 0.3 is 0 Å². The molecule has 112 valence electrons. The number of hydrogen-bond acceptors (Lipinski definition) is 3. The first kappa shape index (κ1) is 15.0. The highest BCUT2D eigenvalue weighted by atomic mass is 16.2. The molecule has 1 aliphatic heterocycles. The Bertz CT molecular complexity index is 460. The number of amides is 1. The van der Waals surface area contributed by atoms with Crippen LogP contribution >= 0.6 is 0 Å². The summed E-state index contributed by atoms with van der Waals surface area (Å²) in [5.74, 6) is 0.179. The molecule has 0 saturated carbocycles. The van der Waals surface area contributed by atoms with Crippen molar-refractivity contribution in [3.63, 3.8) is 0 Å². The maximum atomic E-state index is 12.6. The van der Waals surface area contributed by atoms with E-state index >= 15 is 0 Å². The van der Waals surface area contributed by atoms with Crippen LogP contribution in [0.5, 0.6) is 0 Å². The summed E-state index contributed by atoms with van der Waals surface area (Å²) in [6.45, 7) is 6.60. The van der Waals surface area contributed by atoms with Gasteiger partial charge in [-0.3, -0.25) is 9.48 Å². The van der Waals surface area contributed by atoms with Crippen molar-refractivity contribution in [3.8, 4) is 0 Å². The normalized spacial score (nSPS) is 22.8. The van der Waals surface area contributed by atoms with E-state index in [1.165, 1.54) is 0 Å². The van der Waals surface area contributed by atoms with Crippen LogP contribution in [0.25, 0.3) is 0 Å². The molecule has 0 bridgehead atoms. The molecule has 0 radical (unpaired) electrons. The number of nitrogens with one attached hydrogen (secondary N) is 2. The Balaban J connectivity index is 2.00. The minimum Gasteiger partial charge on any atom is -0.351 e. The lowest BCUT2D eigenvalue weighted by atomic mass is 9.77. The predicted molar refractivity (Wildman–Crippen MR) is 79.3 cm³/mol. The van der Waals surface area contributed by atoms with E-state index in [1.807, 2.05) is 17.9 Å². The standard InChI is InChI=1S/C15H26N4O/c1-4-13-12(10-19(3)18-13)9-17-14(20)15(5-2)7-6-8-16-11-15/h10,16H,4-9,11H2,1-3H3,(H,17,20). The van der Waals surface area contributed by atoms with Gasteiger partial charge in [0.2, 0.25) is 5.91 Å². The fraction of sp³-hybridized carbons (Fsp3) is 0.733. The van der Waals surface area contributed by atoms with Crippen LogP contribution in [0.1, 0.15) is 44.4 Å². The summed E-state index contributed by atoms with van der Waals surface area (Å²) in [6, 6.07) is 0. The maximum Gasteiger partial charge on any atom is 0.227 e. The molecule has 2 heterocycles. The predicted octanol–water partition coefficient (Wildman–Crippen LogP) is 1.38. The fourth-order valence-corrected chi connectivity index (χ4v) is 3.02. The summed E-state index contributed by atoms with van der Waals surface area (Å²) in [6.07, 6.45) is 5.84. The molecule has 0 aromatic carbocycles. The maximum absolute atomic E-state index is 12.6. The molecule has 0 aliphatic carbocycles. The van der Waals surface area contributed by atoms with Crippen LogP contribution in [0.2, 0.25) is 0 Å². The van der Waals surface area contributed by atoms with E-state index in [1.54, 1.807) is 0 Å². The molecule has 1 unspecified atom stereocenters. The lowest BCUT2D eigenvalue weighted by Gasteiger charge is -2.35. The zero-order valence-corrected chi connectivity index (χ0v) is 12.8. The van der Waals surface area contributed by atoms with Gasteiger partial charge in [0.05, 0.1) is 11.1 Å². The molecule has 1 fully saturated rings. The molecule has 1 saturated heterocycles. The van der Waals surface area contributed by atoms with Crippen molar-refractivity contribution >= 4 is 5.91 Å². The van der Waals surface area contributed by atoms with Crippen LogP contribution in [0.3, 0.4) is 0 Å². The van der Waals surface area contributed by atoms with Crippen molar-refractivity contribution in [2.45, 2.75) is 46.1 Å². The van der Waals surface area contributed by atoms with Gasteiger partial charge in [-0.15, -0.1) is 0 Å². The average molecular weight is 278 g/mol. The molecule has 1 aliphatic rings. The lowest BCUT2D eigenvalue weighted by molar-refractivity contribution is -0.132. The second-order valence-corrected chi connectivity index (χ2v) is 5.73. The number of carbonyl (C=O) groups excluding carboxylic acids is 1. The Morgan fingerprint density at radius 1 is 1.55 bits per heavy atom. The van der Waals surface area contributed by atoms with E-state index in [9.17, 15) is 4.79 Å². The summed E-state index contributed by atoms with van der Waals surface area (Å²) >= 11 is 0. The monoisotopic (exact) mass is 278 g/mol. The molecule has 2 rings (SSSR count). The van der Waals surface area contributed by atoms with E-state index in [-0.39, 0.29) is 11.3 Å². The topological polar surface area (TPSA) is 59.0 Å². The van der Waals surface area contributed by atoms with Gasteiger partial charge in [-0.1, -0.05) is 13.8 Å². The van der Waals surface area contributed by atoms with E-state index in [0.717, 1.165) is 50.0 Å². The molecular formula is C15H26N4O. The second kappa shape index (κ2) is 6.39. The first-order chi connectivity index (χ1) is 9.61. The van der Waals surface area contributed by atoms with Crippen LogP contribution in [0.4, 0.5) is 0 Å². The van der Waals surface area contributed by atoms with E-state index in [0.29, 0.717) is 6.54 Å². The Morgan fingerprint density at radius 3 is 2.95 bits per heavy atom. The third-order valence-corrected chi connectivity index (χ3v) is 4.40. The van der Waals surface area contributed by atoms with Gasteiger partial charge in [-0.25, -0.2) is 0 Å². The molecule has 20 heavy (non-hydrogen) atoms. The van der Waals surface area contributed by atoms with Gasteiger partial charge in [0, 0.05) is 31.9 Å². The number of nitrogens with zero attached hydrogens (tertiary/aromatic N) is 2.